The van der Waals surface area contributed by atoms with Crippen LogP contribution in [0.5, 0.6) is 5.75 Å². The number of esters is 1. The van der Waals surface area contributed by atoms with Crippen LogP contribution < -0.4 is 10.2 Å². The van der Waals surface area contributed by atoms with Crippen molar-refractivity contribution in [2.45, 2.75) is 32.7 Å². The van der Waals surface area contributed by atoms with Gasteiger partial charge in [-0.15, -0.1) is 0 Å². The first-order valence-corrected chi connectivity index (χ1v) is 9.15. The van der Waals surface area contributed by atoms with Gasteiger partial charge < -0.3 is 23.3 Å². The minimum atomic E-state index is -1.44. The molecule has 0 spiro atoms. The van der Waals surface area contributed by atoms with E-state index in [0.717, 1.165) is 32.8 Å². The van der Waals surface area contributed by atoms with E-state index in [1.54, 1.807) is 4.57 Å². The highest BCUT2D eigenvalue weighted by molar-refractivity contribution is 6.48. The summed E-state index contributed by atoms with van der Waals surface area (Å²) in [6.45, 7) is 1.61. The minimum Gasteiger partial charge on any atom is -0.497 e. The van der Waals surface area contributed by atoms with Crippen LogP contribution in [0.25, 0.3) is 10.9 Å². The Kier molecular flexibility index (Phi) is 6.09. The normalized spacial score (nSPS) is 12.9. The number of rotatable bonds is 7. The summed E-state index contributed by atoms with van der Waals surface area (Å²) in [7, 11) is -0.143. The molecule has 0 radical (unpaired) electrons. The molecule has 30 heavy (non-hydrogen) atoms. The lowest BCUT2D eigenvalue weighted by Crippen LogP contribution is -2.34. The zero-order chi connectivity index (χ0) is 22.0. The Morgan fingerprint density at radius 3 is 2.33 bits per heavy atom. The second kappa shape index (κ2) is 8.56. The monoisotopic (exact) mass is 419 g/mol. The maximum absolute atomic E-state index is 14.2. The van der Waals surface area contributed by atoms with Gasteiger partial charge in [-0.3, -0.25) is 14.4 Å². The van der Waals surface area contributed by atoms with Crippen LogP contribution in [0.2, 0.25) is 0 Å². The summed E-state index contributed by atoms with van der Waals surface area (Å²) in [5, 5.41) is 0.103. The number of methoxy groups -OCH3 is 1. The number of carbonyl (C=O) groups excluding carboxylic acids is 3. The molecular formula is C19H19BFNO8. The molecule has 0 atom stereocenters. The predicted molar refractivity (Wildman–Crippen MR) is 103 cm³/mol. The summed E-state index contributed by atoms with van der Waals surface area (Å²) >= 11 is 0. The highest BCUT2D eigenvalue weighted by Crippen LogP contribution is 2.39. The van der Waals surface area contributed by atoms with Crippen LogP contribution in [0, 0.1) is 5.82 Å². The lowest BCUT2D eigenvalue weighted by Gasteiger charge is -2.16. The fourth-order valence-corrected chi connectivity index (χ4v) is 3.06. The van der Waals surface area contributed by atoms with E-state index in [2.05, 4.69) is 0 Å². The Labute approximate surface area is 170 Å². The lowest BCUT2D eigenvalue weighted by molar-refractivity contribution is -0.138. The van der Waals surface area contributed by atoms with E-state index in [1.807, 2.05) is 0 Å². The van der Waals surface area contributed by atoms with Crippen LogP contribution >= 0.6 is 0 Å². The third-order valence-corrected chi connectivity index (χ3v) is 4.41. The molecular weight excluding hydrogens is 400 g/mol. The minimum absolute atomic E-state index is 0.00908. The topological polar surface area (TPSA) is 110 Å². The molecule has 1 fully saturated rings. The number of aromatic nitrogens is 1. The quantitative estimate of drug-likeness (QED) is 0.494. The highest BCUT2D eigenvalue weighted by Gasteiger charge is 2.32. The van der Waals surface area contributed by atoms with E-state index in [1.165, 1.54) is 19.4 Å². The van der Waals surface area contributed by atoms with Crippen molar-refractivity contribution in [1.82, 2.24) is 4.57 Å². The zero-order valence-electron chi connectivity index (χ0n) is 16.6. The fourth-order valence-electron chi connectivity index (χ4n) is 3.06. The lowest BCUT2D eigenvalue weighted by atomic mass is 9.92. The van der Waals surface area contributed by atoms with Crippen LogP contribution in [-0.4, -0.2) is 43.2 Å². The molecule has 1 aliphatic rings. The van der Waals surface area contributed by atoms with Crippen molar-refractivity contribution in [1.29, 1.82) is 0 Å². The summed E-state index contributed by atoms with van der Waals surface area (Å²) in [6.07, 6.45) is 2.90. The van der Waals surface area contributed by atoms with Crippen LogP contribution in [-0.2, 0) is 23.6 Å². The van der Waals surface area contributed by atoms with Crippen molar-refractivity contribution in [3.63, 3.8) is 0 Å². The third-order valence-electron chi connectivity index (χ3n) is 4.41. The molecule has 158 valence electrons. The maximum atomic E-state index is 14.2. The molecule has 0 unspecified atom stereocenters. The van der Waals surface area contributed by atoms with Crippen molar-refractivity contribution in [3.05, 3.63) is 39.9 Å². The number of hydrogen-bond acceptors (Lipinski definition) is 8. The molecule has 1 heterocycles. The Hall–Kier alpha value is -3.37. The van der Waals surface area contributed by atoms with E-state index in [9.17, 15) is 23.6 Å². The van der Waals surface area contributed by atoms with Gasteiger partial charge in [-0.05, 0) is 25.0 Å². The molecule has 1 aliphatic carbocycles. The predicted octanol–water partition coefficient (Wildman–Crippen LogP) is 1.79. The van der Waals surface area contributed by atoms with Gasteiger partial charge in [-0.1, -0.05) is 0 Å². The third kappa shape index (κ3) is 4.45. The highest BCUT2D eigenvalue weighted by atomic mass is 19.1. The number of nitrogens with zero attached hydrogens (tertiary/aromatic N) is 1. The molecule has 1 aromatic carbocycles. The summed E-state index contributed by atoms with van der Waals surface area (Å²) in [6, 6.07) is 2.36. The first-order valence-electron chi connectivity index (χ1n) is 9.15. The number of carbonyl (C=O) groups is 3. The van der Waals surface area contributed by atoms with Gasteiger partial charge in [0.25, 0.3) is 11.9 Å². The summed E-state index contributed by atoms with van der Waals surface area (Å²) in [5.74, 6) is -3.19. The summed E-state index contributed by atoms with van der Waals surface area (Å²) in [4.78, 5) is 47.7. The van der Waals surface area contributed by atoms with Gasteiger partial charge >= 0.3 is 13.1 Å². The number of ether oxygens (including phenoxy) is 2. The van der Waals surface area contributed by atoms with Crippen LogP contribution in [0.3, 0.4) is 0 Å². The standard InChI is InChI=1S/C19H19BFNO8/c1-10(23)29-20(30-11(2)24)9-28-19(26)14-8-22(12-4-5-12)16-13(17(14)25)6-7-15(21)18(16)27-3/h6-8,12H,4-5,9H2,1-3H3. The maximum Gasteiger partial charge on any atom is 0.639 e. The van der Waals surface area contributed by atoms with Crippen molar-refractivity contribution >= 4 is 35.9 Å². The van der Waals surface area contributed by atoms with Crippen molar-refractivity contribution in [3.8, 4) is 5.75 Å². The Bertz CT molecular complexity index is 1060. The summed E-state index contributed by atoms with van der Waals surface area (Å²) < 4.78 is 35.5. The Morgan fingerprint density at radius 2 is 1.80 bits per heavy atom. The van der Waals surface area contributed by atoms with Crippen molar-refractivity contribution in [2.24, 2.45) is 0 Å². The van der Waals surface area contributed by atoms with E-state index in [-0.39, 0.29) is 28.3 Å². The Balaban J connectivity index is 1.96. The Morgan fingerprint density at radius 1 is 1.17 bits per heavy atom. The van der Waals surface area contributed by atoms with Crippen molar-refractivity contribution < 1.29 is 37.6 Å². The van der Waals surface area contributed by atoms with Crippen LogP contribution in [0.1, 0.15) is 43.1 Å². The molecule has 11 heteroatoms. The van der Waals surface area contributed by atoms with Gasteiger partial charge in [-0.2, -0.15) is 0 Å². The molecule has 0 saturated heterocycles. The van der Waals surface area contributed by atoms with Gasteiger partial charge in [0, 0.05) is 26.1 Å². The van der Waals surface area contributed by atoms with Gasteiger partial charge in [0.2, 0.25) is 5.43 Å². The largest absolute Gasteiger partial charge is 0.639 e. The van der Waals surface area contributed by atoms with E-state index in [4.69, 9.17) is 18.8 Å². The molecule has 0 amide bonds. The molecule has 0 aliphatic heterocycles. The first-order chi connectivity index (χ1) is 14.2. The fraction of sp³-hybridized carbons (Fsp3) is 0.368. The number of benzene rings is 1. The van der Waals surface area contributed by atoms with Crippen molar-refractivity contribution in [2.75, 3.05) is 13.6 Å². The smallest absolute Gasteiger partial charge is 0.497 e. The molecule has 1 saturated carbocycles. The van der Waals surface area contributed by atoms with Crippen LogP contribution in [0.15, 0.2) is 23.1 Å². The van der Waals surface area contributed by atoms with E-state index >= 15 is 0 Å². The molecule has 9 nitrogen and oxygen atoms in total. The average molecular weight is 419 g/mol. The molecule has 0 bridgehead atoms. The number of halogens is 1. The van der Waals surface area contributed by atoms with Gasteiger partial charge in [0.1, 0.15) is 5.56 Å². The molecule has 0 N–H and O–H groups in total. The number of pyridine rings is 1. The van der Waals surface area contributed by atoms with Gasteiger partial charge in [-0.25, -0.2) is 9.18 Å². The SMILES string of the molecule is COc1c(F)ccc2c(=O)c(C(=O)OCB(OC(C)=O)OC(C)=O)cn(C3CC3)c12. The average Bonchev–Trinajstić information content (AvgIpc) is 3.50. The van der Waals surface area contributed by atoms with Gasteiger partial charge in [0.05, 0.1) is 18.0 Å². The van der Waals surface area contributed by atoms with Gasteiger partial charge in [0.15, 0.2) is 18.1 Å². The molecule has 2 aromatic rings. The first kappa shape index (κ1) is 21.3. The number of fused-ring (bicyclic) bond motifs is 1. The van der Waals surface area contributed by atoms with E-state index in [0.29, 0.717) is 0 Å². The second-order valence-corrected chi connectivity index (χ2v) is 6.73. The second-order valence-electron chi connectivity index (χ2n) is 6.73. The number of hydrogen-bond donors (Lipinski definition) is 0. The molecule has 1 aromatic heterocycles. The van der Waals surface area contributed by atoms with Crippen LogP contribution in [0.4, 0.5) is 4.39 Å². The molecule has 3 rings (SSSR count). The zero-order valence-corrected chi connectivity index (χ0v) is 16.6. The van der Waals surface area contributed by atoms with E-state index < -0.39 is 42.8 Å². The summed E-state index contributed by atoms with van der Waals surface area (Å²) in [5.41, 5.74) is -0.687.